The molecule has 0 bridgehead atoms. The molecule has 0 saturated heterocycles. The van der Waals surface area contributed by atoms with Gasteiger partial charge < -0.3 is 14.4 Å². The molecule has 0 aliphatic heterocycles. The molecule has 1 aromatic rings. The first-order chi connectivity index (χ1) is 7.10. The smallest absolute Gasteiger partial charge is 0.165 e. The average molecular weight is 211 g/mol. The number of hydrogen-bond acceptors (Lipinski definition) is 4. The Hall–Kier alpha value is -0.940. The van der Waals surface area contributed by atoms with E-state index in [-0.39, 0.29) is 6.61 Å². The van der Waals surface area contributed by atoms with Gasteiger partial charge in [-0.1, -0.05) is 0 Å². The summed E-state index contributed by atoms with van der Waals surface area (Å²) in [6.45, 7) is 3.84. The van der Waals surface area contributed by atoms with Gasteiger partial charge in [0.25, 0.3) is 0 Å². The van der Waals surface area contributed by atoms with Crippen molar-refractivity contribution < 1.29 is 9.84 Å². The van der Waals surface area contributed by atoms with Crippen LogP contribution < -0.4 is 0 Å². The summed E-state index contributed by atoms with van der Waals surface area (Å²) in [5.74, 6) is 1.44. The van der Waals surface area contributed by atoms with Gasteiger partial charge in [0, 0.05) is 13.2 Å². The Balaban J connectivity index is 2.42. The Morgan fingerprint density at radius 1 is 1.47 bits per heavy atom. The second-order valence-corrected chi connectivity index (χ2v) is 4.41. The summed E-state index contributed by atoms with van der Waals surface area (Å²) in [6.07, 6.45) is 2.27. The van der Waals surface area contributed by atoms with Crippen LogP contribution in [0.3, 0.4) is 0 Å². The van der Waals surface area contributed by atoms with Crippen LogP contribution in [-0.2, 0) is 16.9 Å². The molecule has 1 N–H and O–H groups in total. The summed E-state index contributed by atoms with van der Waals surface area (Å²) in [6, 6.07) is 0.451. The predicted molar refractivity (Wildman–Crippen MR) is 54.3 cm³/mol. The van der Waals surface area contributed by atoms with E-state index in [1.54, 1.807) is 7.11 Å². The molecule has 1 fully saturated rings. The van der Waals surface area contributed by atoms with Crippen LogP contribution in [0, 0.1) is 0 Å². The van der Waals surface area contributed by atoms with E-state index < -0.39 is 5.60 Å². The molecule has 0 amide bonds. The average Bonchev–Trinajstić information content (AvgIpc) is 2.97. The first kappa shape index (κ1) is 10.6. The molecule has 5 heteroatoms. The Bertz CT molecular complexity index is 356. The molecule has 1 aliphatic rings. The number of aliphatic hydroxyl groups excluding tert-OH is 1. The standard InChI is InChI=1S/C10H17N3O2/c1-10(2,15-3)9-12-11-8(6-14)13(9)7-4-5-7/h7,14H,4-6H2,1-3H3. The molecule has 0 aromatic carbocycles. The summed E-state index contributed by atoms with van der Waals surface area (Å²) in [5, 5.41) is 17.3. The van der Waals surface area contributed by atoms with Gasteiger partial charge in [0.1, 0.15) is 12.2 Å². The first-order valence-electron chi connectivity index (χ1n) is 5.20. The summed E-state index contributed by atoms with van der Waals surface area (Å²) >= 11 is 0. The zero-order chi connectivity index (χ0) is 11.1. The minimum atomic E-state index is -0.455. The minimum absolute atomic E-state index is 0.0662. The number of nitrogens with zero attached hydrogens (tertiary/aromatic N) is 3. The largest absolute Gasteiger partial charge is 0.388 e. The van der Waals surface area contributed by atoms with Gasteiger partial charge >= 0.3 is 0 Å². The molecule has 0 spiro atoms. The molecule has 5 nitrogen and oxygen atoms in total. The number of methoxy groups -OCH3 is 1. The lowest BCUT2D eigenvalue weighted by molar-refractivity contribution is 0.00786. The number of rotatable bonds is 4. The highest BCUT2D eigenvalue weighted by atomic mass is 16.5. The fourth-order valence-electron chi connectivity index (χ4n) is 1.65. The molecule has 1 aliphatic carbocycles. The Labute approximate surface area is 89.1 Å². The molecule has 1 saturated carbocycles. The van der Waals surface area contributed by atoms with Gasteiger partial charge in [-0.15, -0.1) is 10.2 Å². The van der Waals surface area contributed by atoms with Gasteiger partial charge in [-0.2, -0.15) is 0 Å². The Morgan fingerprint density at radius 3 is 2.60 bits per heavy atom. The summed E-state index contributed by atoms with van der Waals surface area (Å²) in [5.41, 5.74) is -0.455. The van der Waals surface area contributed by atoms with Crippen LogP contribution in [0.1, 0.15) is 44.4 Å². The molecule has 15 heavy (non-hydrogen) atoms. The SMILES string of the molecule is COC(C)(C)c1nnc(CO)n1C1CC1. The van der Waals surface area contributed by atoms with Crippen LogP contribution in [0.15, 0.2) is 0 Å². The lowest BCUT2D eigenvalue weighted by atomic mass is 10.1. The third kappa shape index (κ3) is 1.77. The maximum atomic E-state index is 9.18. The first-order valence-corrected chi connectivity index (χ1v) is 5.20. The molecule has 0 radical (unpaired) electrons. The zero-order valence-corrected chi connectivity index (χ0v) is 9.40. The highest BCUT2D eigenvalue weighted by molar-refractivity contribution is 5.08. The maximum absolute atomic E-state index is 9.18. The predicted octanol–water partition coefficient (Wildman–Crippen LogP) is 0.987. The van der Waals surface area contributed by atoms with E-state index in [0.29, 0.717) is 11.9 Å². The van der Waals surface area contributed by atoms with E-state index in [1.165, 1.54) is 0 Å². The molecule has 84 valence electrons. The summed E-state index contributed by atoms with van der Waals surface area (Å²) in [7, 11) is 1.66. The van der Waals surface area contributed by atoms with E-state index in [9.17, 15) is 5.11 Å². The highest BCUT2D eigenvalue weighted by Gasteiger charge is 2.35. The molecule has 0 unspecified atom stereocenters. The normalized spacial score (nSPS) is 17.1. The zero-order valence-electron chi connectivity index (χ0n) is 9.40. The molecule has 2 rings (SSSR count). The minimum Gasteiger partial charge on any atom is -0.388 e. The van der Waals surface area contributed by atoms with Crippen LogP contribution in [0.25, 0.3) is 0 Å². The fraction of sp³-hybridized carbons (Fsp3) is 0.800. The van der Waals surface area contributed by atoms with Crippen molar-refractivity contribution in [3.05, 3.63) is 11.6 Å². The lowest BCUT2D eigenvalue weighted by Crippen LogP contribution is -2.25. The quantitative estimate of drug-likeness (QED) is 0.806. The number of aliphatic hydroxyl groups is 1. The van der Waals surface area contributed by atoms with Crippen molar-refractivity contribution in [1.29, 1.82) is 0 Å². The third-order valence-electron chi connectivity index (χ3n) is 2.87. The van der Waals surface area contributed by atoms with Crippen molar-refractivity contribution in [3.63, 3.8) is 0 Å². The van der Waals surface area contributed by atoms with Crippen LogP contribution in [0.2, 0.25) is 0 Å². The van der Waals surface area contributed by atoms with Crippen molar-refractivity contribution in [2.45, 2.75) is 44.9 Å². The molecular formula is C10H17N3O2. The monoisotopic (exact) mass is 211 g/mol. The molecule has 0 atom stereocenters. The number of hydrogen-bond donors (Lipinski definition) is 1. The highest BCUT2D eigenvalue weighted by Crippen LogP contribution is 2.39. The van der Waals surface area contributed by atoms with Gasteiger partial charge in [0.05, 0.1) is 0 Å². The molecular weight excluding hydrogens is 194 g/mol. The second-order valence-electron chi connectivity index (χ2n) is 4.41. The third-order valence-corrected chi connectivity index (χ3v) is 2.87. The van der Waals surface area contributed by atoms with Crippen LogP contribution in [0.5, 0.6) is 0 Å². The van der Waals surface area contributed by atoms with Crippen LogP contribution in [-0.4, -0.2) is 27.0 Å². The second kappa shape index (κ2) is 3.57. The van der Waals surface area contributed by atoms with Crippen molar-refractivity contribution in [3.8, 4) is 0 Å². The topological polar surface area (TPSA) is 60.2 Å². The molecule has 1 aromatic heterocycles. The van der Waals surface area contributed by atoms with E-state index >= 15 is 0 Å². The van der Waals surface area contributed by atoms with E-state index in [1.807, 2.05) is 18.4 Å². The number of aromatic nitrogens is 3. The summed E-state index contributed by atoms with van der Waals surface area (Å²) < 4.78 is 7.41. The van der Waals surface area contributed by atoms with Crippen molar-refractivity contribution in [2.24, 2.45) is 0 Å². The van der Waals surface area contributed by atoms with Crippen LogP contribution >= 0.6 is 0 Å². The van der Waals surface area contributed by atoms with Gasteiger partial charge in [0.15, 0.2) is 11.6 Å². The van der Waals surface area contributed by atoms with Gasteiger partial charge in [0.2, 0.25) is 0 Å². The molecule has 1 heterocycles. The van der Waals surface area contributed by atoms with Gasteiger partial charge in [-0.3, -0.25) is 0 Å². The van der Waals surface area contributed by atoms with Crippen molar-refractivity contribution in [2.75, 3.05) is 7.11 Å². The van der Waals surface area contributed by atoms with Crippen molar-refractivity contribution >= 4 is 0 Å². The lowest BCUT2D eigenvalue weighted by Gasteiger charge is -2.23. The maximum Gasteiger partial charge on any atom is 0.165 e. The van der Waals surface area contributed by atoms with Gasteiger partial charge in [-0.05, 0) is 26.7 Å². The van der Waals surface area contributed by atoms with E-state index in [0.717, 1.165) is 18.7 Å². The Morgan fingerprint density at radius 2 is 2.13 bits per heavy atom. The Kier molecular flexibility index (Phi) is 2.52. The fourth-order valence-corrected chi connectivity index (χ4v) is 1.65. The van der Waals surface area contributed by atoms with E-state index in [4.69, 9.17) is 4.74 Å². The number of ether oxygens (including phenoxy) is 1. The summed E-state index contributed by atoms with van der Waals surface area (Å²) in [4.78, 5) is 0. The van der Waals surface area contributed by atoms with Crippen LogP contribution in [0.4, 0.5) is 0 Å². The van der Waals surface area contributed by atoms with Gasteiger partial charge in [-0.25, -0.2) is 0 Å². The van der Waals surface area contributed by atoms with E-state index in [2.05, 4.69) is 10.2 Å². The van der Waals surface area contributed by atoms with Crippen molar-refractivity contribution in [1.82, 2.24) is 14.8 Å².